The van der Waals surface area contributed by atoms with Crippen molar-refractivity contribution in [2.75, 3.05) is 7.05 Å². The summed E-state index contributed by atoms with van der Waals surface area (Å²) >= 11 is 6.13. The summed E-state index contributed by atoms with van der Waals surface area (Å²) in [7, 11) is 2.10. The monoisotopic (exact) mass is 303 g/mol. The van der Waals surface area contributed by atoms with Crippen LogP contribution >= 0.6 is 11.6 Å². The minimum absolute atomic E-state index is 0.0651. The zero-order valence-electron chi connectivity index (χ0n) is 12.5. The van der Waals surface area contributed by atoms with E-state index in [1.165, 1.54) is 5.56 Å². The molecule has 0 aliphatic carbocycles. The highest BCUT2D eigenvalue weighted by atomic mass is 35.5. The maximum atomic E-state index is 6.36. The van der Waals surface area contributed by atoms with Crippen molar-refractivity contribution < 1.29 is 0 Å². The summed E-state index contributed by atoms with van der Waals surface area (Å²) in [6.07, 6.45) is 4.55. The van der Waals surface area contributed by atoms with Crippen LogP contribution in [0.15, 0.2) is 48.8 Å². The molecule has 2 unspecified atom stereocenters. The fourth-order valence-electron chi connectivity index (χ4n) is 2.62. The van der Waals surface area contributed by atoms with E-state index in [2.05, 4.69) is 29.9 Å². The summed E-state index contributed by atoms with van der Waals surface area (Å²) in [4.78, 5) is 6.33. The summed E-state index contributed by atoms with van der Waals surface area (Å²) in [5, 5.41) is 0.748. The SMILES string of the molecule is CCC(N)C(c1cccc(Cl)c1)N(C)Cc1ccncc1. The molecular formula is C17H22ClN3. The summed E-state index contributed by atoms with van der Waals surface area (Å²) in [6, 6.07) is 12.2. The van der Waals surface area contributed by atoms with Crippen LogP contribution in [0.3, 0.4) is 0 Å². The molecule has 0 fully saturated rings. The number of aromatic nitrogens is 1. The second-order valence-electron chi connectivity index (χ2n) is 5.34. The molecule has 0 saturated heterocycles. The zero-order valence-corrected chi connectivity index (χ0v) is 13.3. The Bertz CT molecular complexity index is 559. The molecule has 112 valence electrons. The second-order valence-corrected chi connectivity index (χ2v) is 5.78. The number of hydrogen-bond acceptors (Lipinski definition) is 3. The molecule has 1 aromatic carbocycles. The van der Waals surface area contributed by atoms with Crippen molar-refractivity contribution in [2.45, 2.75) is 32.0 Å². The number of likely N-dealkylation sites (N-methyl/N-ethyl adjacent to an activating group) is 1. The highest BCUT2D eigenvalue weighted by molar-refractivity contribution is 6.30. The van der Waals surface area contributed by atoms with E-state index in [0.29, 0.717) is 0 Å². The van der Waals surface area contributed by atoms with Crippen LogP contribution in [0.4, 0.5) is 0 Å². The molecule has 0 amide bonds. The first-order valence-corrected chi connectivity index (χ1v) is 7.59. The van der Waals surface area contributed by atoms with Gasteiger partial charge in [-0.25, -0.2) is 0 Å². The first-order chi connectivity index (χ1) is 10.1. The number of hydrogen-bond donors (Lipinski definition) is 1. The van der Waals surface area contributed by atoms with Crippen molar-refractivity contribution in [1.82, 2.24) is 9.88 Å². The van der Waals surface area contributed by atoms with E-state index < -0.39 is 0 Å². The van der Waals surface area contributed by atoms with Gasteiger partial charge in [-0.15, -0.1) is 0 Å². The van der Waals surface area contributed by atoms with E-state index >= 15 is 0 Å². The van der Waals surface area contributed by atoms with Gasteiger partial charge in [0.1, 0.15) is 0 Å². The Hall–Kier alpha value is -1.42. The normalized spacial score (nSPS) is 14.1. The van der Waals surface area contributed by atoms with E-state index in [9.17, 15) is 0 Å². The van der Waals surface area contributed by atoms with Crippen LogP contribution in [0, 0.1) is 0 Å². The molecule has 2 aromatic rings. The van der Waals surface area contributed by atoms with Crippen molar-refractivity contribution >= 4 is 11.6 Å². The summed E-state index contributed by atoms with van der Waals surface area (Å²) in [5.41, 5.74) is 8.74. The van der Waals surface area contributed by atoms with Gasteiger partial charge >= 0.3 is 0 Å². The summed E-state index contributed by atoms with van der Waals surface area (Å²) < 4.78 is 0. The molecule has 2 rings (SSSR count). The van der Waals surface area contributed by atoms with Crippen LogP contribution in [-0.4, -0.2) is 23.0 Å². The lowest BCUT2D eigenvalue weighted by Gasteiger charge is -2.33. The number of rotatable bonds is 6. The van der Waals surface area contributed by atoms with Crippen LogP contribution in [0.2, 0.25) is 5.02 Å². The Kier molecular flexibility index (Phi) is 5.74. The molecule has 2 N–H and O–H groups in total. The highest BCUT2D eigenvalue weighted by Crippen LogP contribution is 2.27. The summed E-state index contributed by atoms with van der Waals surface area (Å²) in [5.74, 6) is 0. The third-order valence-corrected chi connectivity index (χ3v) is 3.96. The first-order valence-electron chi connectivity index (χ1n) is 7.22. The van der Waals surface area contributed by atoms with Crippen LogP contribution in [-0.2, 0) is 6.54 Å². The second kappa shape index (κ2) is 7.55. The van der Waals surface area contributed by atoms with Gasteiger partial charge in [0.25, 0.3) is 0 Å². The quantitative estimate of drug-likeness (QED) is 0.886. The average molecular weight is 304 g/mol. The van der Waals surface area contributed by atoms with Gasteiger partial charge in [0.05, 0.1) is 0 Å². The van der Waals surface area contributed by atoms with Crippen LogP contribution in [0.5, 0.6) is 0 Å². The van der Waals surface area contributed by atoms with Crippen molar-refractivity contribution in [3.05, 3.63) is 64.9 Å². The zero-order chi connectivity index (χ0) is 15.2. The minimum atomic E-state index is 0.0651. The third-order valence-electron chi connectivity index (χ3n) is 3.72. The van der Waals surface area contributed by atoms with E-state index in [-0.39, 0.29) is 12.1 Å². The standard InChI is InChI=1S/C17H22ClN3/c1-3-16(19)17(14-5-4-6-15(18)11-14)21(2)12-13-7-9-20-10-8-13/h4-11,16-17H,3,12,19H2,1-2H3. The lowest BCUT2D eigenvalue weighted by Crippen LogP contribution is -2.38. The average Bonchev–Trinajstić information content (AvgIpc) is 2.48. The number of benzene rings is 1. The molecule has 3 nitrogen and oxygen atoms in total. The van der Waals surface area contributed by atoms with Crippen LogP contribution in [0.1, 0.15) is 30.5 Å². The van der Waals surface area contributed by atoms with Gasteiger partial charge in [-0.2, -0.15) is 0 Å². The first kappa shape index (κ1) is 16.0. The molecule has 1 aromatic heterocycles. The molecular weight excluding hydrogens is 282 g/mol. The molecule has 0 saturated carbocycles. The van der Waals surface area contributed by atoms with Crippen molar-refractivity contribution in [2.24, 2.45) is 5.73 Å². The Morgan fingerprint density at radius 1 is 1.24 bits per heavy atom. The Morgan fingerprint density at radius 3 is 2.57 bits per heavy atom. The Balaban J connectivity index is 2.23. The number of pyridine rings is 1. The lowest BCUT2D eigenvalue weighted by atomic mass is 9.96. The van der Waals surface area contributed by atoms with Gasteiger partial charge in [0.15, 0.2) is 0 Å². The van der Waals surface area contributed by atoms with Gasteiger partial charge in [-0.1, -0.05) is 30.7 Å². The summed E-state index contributed by atoms with van der Waals surface area (Å²) in [6.45, 7) is 2.94. The molecule has 21 heavy (non-hydrogen) atoms. The van der Waals surface area contributed by atoms with Crippen molar-refractivity contribution in [1.29, 1.82) is 0 Å². The number of nitrogens with two attached hydrogens (primary N) is 1. The van der Waals surface area contributed by atoms with Gasteiger partial charge < -0.3 is 5.73 Å². The topological polar surface area (TPSA) is 42.1 Å². The maximum Gasteiger partial charge on any atom is 0.0500 e. The van der Waals surface area contributed by atoms with E-state index in [1.54, 1.807) is 0 Å². The molecule has 2 atom stereocenters. The molecule has 0 spiro atoms. The van der Waals surface area contributed by atoms with Gasteiger partial charge in [0, 0.05) is 36.0 Å². The smallest absolute Gasteiger partial charge is 0.0500 e. The molecule has 0 bridgehead atoms. The number of halogens is 1. The molecule has 1 heterocycles. The van der Waals surface area contributed by atoms with Crippen molar-refractivity contribution in [3.63, 3.8) is 0 Å². The molecule has 0 radical (unpaired) electrons. The largest absolute Gasteiger partial charge is 0.326 e. The van der Waals surface area contributed by atoms with Crippen LogP contribution < -0.4 is 5.73 Å². The number of nitrogens with zero attached hydrogens (tertiary/aromatic N) is 2. The minimum Gasteiger partial charge on any atom is -0.326 e. The van der Waals surface area contributed by atoms with E-state index in [4.69, 9.17) is 17.3 Å². The maximum absolute atomic E-state index is 6.36. The molecule has 0 aliphatic rings. The third kappa shape index (κ3) is 4.27. The van der Waals surface area contributed by atoms with Crippen molar-refractivity contribution in [3.8, 4) is 0 Å². The van der Waals surface area contributed by atoms with Gasteiger partial charge in [0.2, 0.25) is 0 Å². The fourth-order valence-corrected chi connectivity index (χ4v) is 2.82. The van der Waals surface area contributed by atoms with Gasteiger partial charge in [-0.05, 0) is 48.9 Å². The van der Waals surface area contributed by atoms with E-state index in [1.807, 2.05) is 42.7 Å². The Labute approximate surface area is 131 Å². The van der Waals surface area contributed by atoms with Gasteiger partial charge in [-0.3, -0.25) is 9.88 Å². The predicted octanol–water partition coefficient (Wildman–Crippen LogP) is 3.65. The fraction of sp³-hybridized carbons (Fsp3) is 0.353. The van der Waals surface area contributed by atoms with E-state index in [0.717, 1.165) is 23.6 Å². The lowest BCUT2D eigenvalue weighted by molar-refractivity contribution is 0.201. The predicted molar refractivity (Wildman–Crippen MR) is 88.2 cm³/mol. The molecule has 4 heteroatoms. The van der Waals surface area contributed by atoms with Crippen LogP contribution in [0.25, 0.3) is 0 Å². The molecule has 0 aliphatic heterocycles. The highest BCUT2D eigenvalue weighted by Gasteiger charge is 2.23. The Morgan fingerprint density at radius 2 is 1.95 bits per heavy atom.